The van der Waals surface area contributed by atoms with Crippen LogP contribution in [0.1, 0.15) is 43.0 Å². The molecule has 0 aromatic heterocycles. The number of fused-ring (bicyclic) bond motifs is 2. The molecule has 0 saturated heterocycles. The molecule has 2 aromatic rings. The predicted octanol–water partition coefficient (Wildman–Crippen LogP) is 3.53. The van der Waals surface area contributed by atoms with Crippen LogP contribution in [0, 0.1) is 5.92 Å². The van der Waals surface area contributed by atoms with E-state index in [1.54, 1.807) is 4.90 Å². The first-order chi connectivity index (χ1) is 12.0. The Morgan fingerprint density at radius 3 is 1.88 bits per heavy atom. The second kappa shape index (κ2) is 7.01. The summed E-state index contributed by atoms with van der Waals surface area (Å²) in [5.41, 5.74) is 2.69. The van der Waals surface area contributed by atoms with Gasteiger partial charge in [0.05, 0.1) is 5.92 Å². The van der Waals surface area contributed by atoms with Crippen LogP contribution in [0.4, 0.5) is 0 Å². The van der Waals surface area contributed by atoms with Crippen molar-refractivity contribution in [1.82, 2.24) is 4.90 Å². The Morgan fingerprint density at radius 1 is 1.00 bits per heavy atom. The Hall–Kier alpha value is -2.13. The Morgan fingerprint density at radius 2 is 1.44 bits per heavy atom. The smallest absolute Gasteiger partial charge is 0.229 e. The summed E-state index contributed by atoms with van der Waals surface area (Å²) in [6.45, 7) is 7.12. The van der Waals surface area contributed by atoms with Crippen molar-refractivity contribution in [1.29, 1.82) is 0 Å². The van der Waals surface area contributed by atoms with Crippen LogP contribution in [0.3, 0.4) is 0 Å². The highest BCUT2D eigenvalue weighted by Gasteiger charge is 2.45. The monoisotopic (exact) mass is 337 g/mol. The Labute approximate surface area is 150 Å². The lowest BCUT2D eigenvalue weighted by Crippen LogP contribution is -2.46. The molecule has 0 saturated carbocycles. The molecule has 0 fully saturated rings. The maximum atomic E-state index is 13.1. The third-order valence-electron chi connectivity index (χ3n) is 5.59. The minimum Gasteiger partial charge on any atom is -0.380 e. The molecule has 0 aliphatic heterocycles. The number of nitrogens with zero attached hydrogens (tertiary/aromatic N) is 1. The third kappa shape index (κ3) is 2.87. The number of benzene rings is 2. The number of carbonyl (C=O) groups is 1. The van der Waals surface area contributed by atoms with Crippen molar-refractivity contribution >= 4 is 5.91 Å². The first-order valence-electron chi connectivity index (χ1n) is 9.21. The van der Waals surface area contributed by atoms with Gasteiger partial charge >= 0.3 is 0 Å². The van der Waals surface area contributed by atoms with E-state index in [0.717, 1.165) is 35.1 Å². The molecule has 0 bridgehead atoms. The molecule has 3 nitrogen and oxygen atoms in total. The molecule has 2 aromatic carbocycles. The number of hydrogen-bond donors (Lipinski definition) is 1. The van der Waals surface area contributed by atoms with Crippen LogP contribution in [0.2, 0.25) is 0 Å². The van der Waals surface area contributed by atoms with Crippen molar-refractivity contribution in [2.75, 3.05) is 13.1 Å². The van der Waals surface area contributed by atoms with Crippen molar-refractivity contribution in [3.8, 4) is 0 Å². The van der Waals surface area contributed by atoms with Crippen LogP contribution in [-0.2, 0) is 23.2 Å². The molecule has 0 heterocycles. The standard InChI is InChI=1S/C22H27NO2/c1-4-23(5-2)21(24)16(3)22(25)19-12-8-6-10-17(19)14-15-18-11-7-9-13-20(18)22/h6-13,16,25H,4-5,14-15H2,1-3H3. The molecule has 1 unspecified atom stereocenters. The van der Waals surface area contributed by atoms with E-state index in [0.29, 0.717) is 13.1 Å². The highest BCUT2D eigenvalue weighted by molar-refractivity contribution is 5.81. The van der Waals surface area contributed by atoms with E-state index in [1.807, 2.05) is 57.2 Å². The quantitative estimate of drug-likeness (QED) is 0.927. The number of aryl methyl sites for hydroxylation is 2. The Bertz CT molecular complexity index is 717. The first-order valence-corrected chi connectivity index (χ1v) is 9.21. The largest absolute Gasteiger partial charge is 0.380 e. The maximum Gasteiger partial charge on any atom is 0.229 e. The molecule has 1 aliphatic carbocycles. The number of amides is 1. The molecule has 1 amide bonds. The van der Waals surface area contributed by atoms with E-state index in [4.69, 9.17) is 0 Å². The van der Waals surface area contributed by atoms with Crippen molar-refractivity contribution in [3.63, 3.8) is 0 Å². The van der Waals surface area contributed by atoms with Gasteiger partial charge in [0.1, 0.15) is 5.60 Å². The lowest BCUT2D eigenvalue weighted by atomic mass is 9.74. The fourth-order valence-corrected chi connectivity index (χ4v) is 4.09. The zero-order valence-corrected chi connectivity index (χ0v) is 15.3. The van der Waals surface area contributed by atoms with Gasteiger partial charge in [-0.25, -0.2) is 0 Å². The number of hydrogen-bond acceptors (Lipinski definition) is 2. The highest BCUT2D eigenvalue weighted by Crippen LogP contribution is 2.43. The summed E-state index contributed by atoms with van der Waals surface area (Å²) in [6, 6.07) is 16.0. The molecular weight excluding hydrogens is 310 g/mol. The van der Waals surface area contributed by atoms with E-state index in [2.05, 4.69) is 12.1 Å². The number of aliphatic hydroxyl groups is 1. The van der Waals surface area contributed by atoms with Crippen molar-refractivity contribution in [2.45, 2.75) is 39.2 Å². The second-order valence-corrected chi connectivity index (χ2v) is 6.81. The Kier molecular flexibility index (Phi) is 4.96. The summed E-state index contributed by atoms with van der Waals surface area (Å²) in [7, 11) is 0. The van der Waals surface area contributed by atoms with Gasteiger partial charge in [-0.1, -0.05) is 55.5 Å². The highest BCUT2D eigenvalue weighted by atomic mass is 16.3. The fourth-order valence-electron chi connectivity index (χ4n) is 4.09. The molecule has 1 aliphatic rings. The zero-order chi connectivity index (χ0) is 18.0. The average Bonchev–Trinajstić information content (AvgIpc) is 2.78. The minimum absolute atomic E-state index is 0.000920. The Balaban J connectivity index is 2.20. The molecule has 1 atom stereocenters. The maximum absolute atomic E-state index is 13.1. The van der Waals surface area contributed by atoms with E-state index < -0.39 is 11.5 Å². The van der Waals surface area contributed by atoms with Gasteiger partial charge in [0.25, 0.3) is 0 Å². The van der Waals surface area contributed by atoms with E-state index in [1.165, 1.54) is 0 Å². The zero-order valence-electron chi connectivity index (χ0n) is 15.3. The van der Waals surface area contributed by atoms with E-state index in [9.17, 15) is 9.90 Å². The van der Waals surface area contributed by atoms with Gasteiger partial charge in [0.2, 0.25) is 5.91 Å². The van der Waals surface area contributed by atoms with Gasteiger partial charge < -0.3 is 10.0 Å². The SMILES string of the molecule is CCN(CC)C(=O)C(C)C1(O)c2ccccc2CCc2ccccc21. The lowest BCUT2D eigenvalue weighted by molar-refractivity contribution is -0.142. The minimum atomic E-state index is -1.30. The summed E-state index contributed by atoms with van der Waals surface area (Å²) in [5.74, 6) is -0.549. The van der Waals surface area contributed by atoms with Gasteiger partial charge in [-0.3, -0.25) is 4.79 Å². The average molecular weight is 337 g/mol. The van der Waals surface area contributed by atoms with Crippen molar-refractivity contribution < 1.29 is 9.90 Å². The molecular formula is C22H27NO2. The molecule has 0 radical (unpaired) electrons. The molecule has 3 heteroatoms. The molecule has 25 heavy (non-hydrogen) atoms. The van der Waals surface area contributed by atoms with Crippen molar-refractivity contribution in [2.24, 2.45) is 5.92 Å². The van der Waals surface area contributed by atoms with Crippen LogP contribution in [-0.4, -0.2) is 29.0 Å². The third-order valence-corrected chi connectivity index (χ3v) is 5.59. The van der Waals surface area contributed by atoms with Crippen LogP contribution in [0.25, 0.3) is 0 Å². The van der Waals surface area contributed by atoms with E-state index >= 15 is 0 Å². The summed E-state index contributed by atoms with van der Waals surface area (Å²) in [4.78, 5) is 14.9. The summed E-state index contributed by atoms with van der Waals surface area (Å²) in [6.07, 6.45) is 1.75. The van der Waals surface area contributed by atoms with Crippen LogP contribution < -0.4 is 0 Å². The van der Waals surface area contributed by atoms with Gasteiger partial charge in [0.15, 0.2) is 0 Å². The fraction of sp³-hybridized carbons (Fsp3) is 0.409. The summed E-state index contributed by atoms with van der Waals surface area (Å²) in [5, 5.41) is 12.0. The lowest BCUT2D eigenvalue weighted by Gasteiger charge is -2.38. The first kappa shape index (κ1) is 17.7. The topological polar surface area (TPSA) is 40.5 Å². The molecule has 0 spiro atoms. The molecule has 1 N–H and O–H groups in total. The normalized spacial score (nSPS) is 16.3. The summed E-state index contributed by atoms with van der Waals surface area (Å²) >= 11 is 0. The second-order valence-electron chi connectivity index (χ2n) is 6.81. The van der Waals surface area contributed by atoms with Gasteiger partial charge in [-0.2, -0.15) is 0 Å². The van der Waals surface area contributed by atoms with E-state index in [-0.39, 0.29) is 5.91 Å². The summed E-state index contributed by atoms with van der Waals surface area (Å²) < 4.78 is 0. The molecule has 132 valence electrons. The van der Waals surface area contributed by atoms with Crippen LogP contribution in [0.15, 0.2) is 48.5 Å². The molecule has 3 rings (SSSR count). The van der Waals surface area contributed by atoms with Crippen LogP contribution in [0.5, 0.6) is 0 Å². The van der Waals surface area contributed by atoms with Gasteiger partial charge in [0, 0.05) is 13.1 Å². The number of rotatable bonds is 4. The van der Waals surface area contributed by atoms with Crippen molar-refractivity contribution in [3.05, 3.63) is 70.8 Å². The van der Waals surface area contributed by atoms with Crippen LogP contribution >= 0.6 is 0 Å². The van der Waals surface area contributed by atoms with Gasteiger partial charge in [-0.15, -0.1) is 0 Å². The van der Waals surface area contributed by atoms with Gasteiger partial charge in [-0.05, 0) is 48.9 Å². The predicted molar refractivity (Wildman–Crippen MR) is 100 cm³/mol. The number of carbonyl (C=O) groups excluding carboxylic acids is 1.